The van der Waals surface area contributed by atoms with E-state index in [-0.39, 0.29) is 5.91 Å². The first-order chi connectivity index (χ1) is 6.91. The maximum Gasteiger partial charge on any atom is 0.308 e. The summed E-state index contributed by atoms with van der Waals surface area (Å²) in [7, 11) is 0. The van der Waals surface area contributed by atoms with E-state index in [4.69, 9.17) is 5.11 Å². The minimum atomic E-state index is -0.837. The van der Waals surface area contributed by atoms with Crippen molar-refractivity contribution in [2.24, 2.45) is 17.8 Å². The zero-order valence-electron chi connectivity index (χ0n) is 9.56. The molecule has 2 atom stereocenters. The number of amides is 1. The molecule has 15 heavy (non-hydrogen) atoms. The van der Waals surface area contributed by atoms with Crippen molar-refractivity contribution in [2.75, 3.05) is 13.1 Å². The number of nitrogens with zero attached hydrogens (tertiary/aromatic N) is 1. The van der Waals surface area contributed by atoms with Gasteiger partial charge in [0.25, 0.3) is 0 Å². The van der Waals surface area contributed by atoms with E-state index in [0.717, 1.165) is 0 Å². The molecule has 0 aromatic carbocycles. The predicted molar refractivity (Wildman–Crippen MR) is 56.3 cm³/mol. The Morgan fingerprint density at radius 3 is 2.53 bits per heavy atom. The monoisotopic (exact) mass is 213 g/mol. The van der Waals surface area contributed by atoms with Crippen molar-refractivity contribution in [2.45, 2.75) is 27.2 Å². The van der Waals surface area contributed by atoms with Crippen molar-refractivity contribution in [1.29, 1.82) is 0 Å². The Morgan fingerprint density at radius 1 is 1.53 bits per heavy atom. The Labute approximate surface area is 90.3 Å². The van der Waals surface area contributed by atoms with Gasteiger partial charge in [0, 0.05) is 19.5 Å². The molecule has 1 N–H and O–H groups in total. The fourth-order valence-electron chi connectivity index (χ4n) is 1.83. The lowest BCUT2D eigenvalue weighted by atomic mass is 9.95. The van der Waals surface area contributed by atoms with Crippen LogP contribution in [0.3, 0.4) is 0 Å². The van der Waals surface area contributed by atoms with Gasteiger partial charge in [-0.15, -0.1) is 0 Å². The van der Waals surface area contributed by atoms with E-state index in [2.05, 4.69) is 13.8 Å². The minimum absolute atomic E-state index is 0.0989. The summed E-state index contributed by atoms with van der Waals surface area (Å²) in [5.41, 5.74) is 0. The van der Waals surface area contributed by atoms with E-state index in [1.807, 2.05) is 0 Å². The van der Waals surface area contributed by atoms with Crippen molar-refractivity contribution in [3.05, 3.63) is 0 Å². The van der Waals surface area contributed by atoms with E-state index < -0.39 is 11.9 Å². The summed E-state index contributed by atoms with van der Waals surface area (Å²) in [6, 6.07) is 0. The van der Waals surface area contributed by atoms with Gasteiger partial charge in [-0.3, -0.25) is 9.59 Å². The Kier molecular flexibility index (Phi) is 3.72. The highest BCUT2D eigenvalue weighted by molar-refractivity contribution is 5.79. The quantitative estimate of drug-likeness (QED) is 0.763. The van der Waals surface area contributed by atoms with Crippen LogP contribution in [-0.2, 0) is 9.59 Å². The maximum absolute atomic E-state index is 11.6. The molecule has 4 nitrogen and oxygen atoms in total. The predicted octanol–water partition coefficient (Wildman–Crippen LogP) is 1.21. The minimum Gasteiger partial charge on any atom is -0.481 e. The van der Waals surface area contributed by atoms with Crippen LogP contribution in [0.5, 0.6) is 0 Å². The van der Waals surface area contributed by atoms with Crippen LogP contribution in [0.1, 0.15) is 27.2 Å². The number of likely N-dealkylation sites (tertiary alicyclic amines) is 1. The molecule has 1 aliphatic rings. The van der Waals surface area contributed by atoms with Crippen molar-refractivity contribution >= 4 is 11.9 Å². The number of rotatable bonds is 4. The van der Waals surface area contributed by atoms with Crippen LogP contribution in [0.15, 0.2) is 0 Å². The van der Waals surface area contributed by atoms with Gasteiger partial charge in [0.1, 0.15) is 0 Å². The van der Waals surface area contributed by atoms with Gasteiger partial charge in [0.2, 0.25) is 5.91 Å². The molecule has 1 heterocycles. The van der Waals surface area contributed by atoms with Gasteiger partial charge < -0.3 is 10.0 Å². The lowest BCUT2D eigenvalue weighted by Gasteiger charge is -2.19. The molecular formula is C11H19NO3. The Bertz CT molecular complexity index is 263. The summed E-state index contributed by atoms with van der Waals surface area (Å²) >= 11 is 0. The third-order valence-electron chi connectivity index (χ3n) is 3.10. The summed E-state index contributed by atoms with van der Waals surface area (Å²) in [6.45, 7) is 6.90. The lowest BCUT2D eigenvalue weighted by molar-refractivity contribution is -0.142. The van der Waals surface area contributed by atoms with Gasteiger partial charge in [-0.2, -0.15) is 0 Å². The highest BCUT2D eigenvalue weighted by atomic mass is 16.4. The third-order valence-corrected chi connectivity index (χ3v) is 3.10. The molecule has 1 rings (SSSR count). The Hall–Kier alpha value is -1.06. The molecule has 0 aromatic rings. The highest BCUT2D eigenvalue weighted by Crippen LogP contribution is 2.25. The molecule has 0 radical (unpaired) electrons. The second-order valence-electron chi connectivity index (χ2n) is 4.75. The largest absolute Gasteiger partial charge is 0.481 e. The number of carbonyl (C=O) groups excluding carboxylic acids is 1. The van der Waals surface area contributed by atoms with Crippen LogP contribution < -0.4 is 0 Å². The average Bonchev–Trinajstić information content (AvgIpc) is 2.47. The van der Waals surface area contributed by atoms with E-state index in [1.54, 1.807) is 11.8 Å². The first-order valence-corrected chi connectivity index (χ1v) is 5.42. The van der Waals surface area contributed by atoms with Crippen LogP contribution in [0.25, 0.3) is 0 Å². The molecule has 0 saturated carbocycles. The van der Waals surface area contributed by atoms with Gasteiger partial charge >= 0.3 is 5.97 Å². The summed E-state index contributed by atoms with van der Waals surface area (Å²) < 4.78 is 0. The maximum atomic E-state index is 11.6. The third kappa shape index (κ3) is 2.94. The molecule has 4 heteroatoms. The number of carboxylic acids is 1. The Balaban J connectivity index is 2.51. The van der Waals surface area contributed by atoms with Crippen LogP contribution in [0, 0.1) is 17.8 Å². The molecule has 1 amide bonds. The van der Waals surface area contributed by atoms with Gasteiger partial charge in [0.15, 0.2) is 0 Å². The Morgan fingerprint density at radius 2 is 2.13 bits per heavy atom. The molecule has 1 aliphatic heterocycles. The van der Waals surface area contributed by atoms with E-state index in [1.165, 1.54) is 0 Å². The van der Waals surface area contributed by atoms with E-state index >= 15 is 0 Å². The molecule has 0 aromatic heterocycles. The van der Waals surface area contributed by atoms with E-state index in [0.29, 0.717) is 31.3 Å². The molecule has 0 aliphatic carbocycles. The number of aliphatic carboxylic acids is 1. The molecule has 0 bridgehead atoms. The first-order valence-electron chi connectivity index (χ1n) is 5.42. The van der Waals surface area contributed by atoms with E-state index in [9.17, 15) is 9.59 Å². The summed E-state index contributed by atoms with van der Waals surface area (Å²) in [4.78, 5) is 23.9. The number of hydrogen-bond donors (Lipinski definition) is 1. The second kappa shape index (κ2) is 4.64. The topological polar surface area (TPSA) is 57.6 Å². The van der Waals surface area contributed by atoms with Crippen molar-refractivity contribution < 1.29 is 14.7 Å². The average molecular weight is 213 g/mol. The van der Waals surface area contributed by atoms with Gasteiger partial charge in [-0.1, -0.05) is 20.8 Å². The molecule has 86 valence electrons. The summed E-state index contributed by atoms with van der Waals surface area (Å²) in [5, 5.41) is 8.77. The smallest absolute Gasteiger partial charge is 0.308 e. The SMILES string of the molecule is CC(CN1CC(C(C)C)CC1=O)C(=O)O. The van der Waals surface area contributed by atoms with Crippen molar-refractivity contribution in [3.63, 3.8) is 0 Å². The molecule has 1 saturated heterocycles. The molecule has 2 unspecified atom stereocenters. The van der Waals surface area contributed by atoms with Crippen LogP contribution in [-0.4, -0.2) is 35.0 Å². The van der Waals surface area contributed by atoms with Crippen LogP contribution in [0.2, 0.25) is 0 Å². The van der Waals surface area contributed by atoms with Crippen LogP contribution in [0.4, 0.5) is 0 Å². The van der Waals surface area contributed by atoms with Crippen LogP contribution >= 0.6 is 0 Å². The first kappa shape index (κ1) is 12.0. The fourth-order valence-corrected chi connectivity index (χ4v) is 1.83. The number of hydrogen-bond acceptors (Lipinski definition) is 2. The number of carboxylic acid groups (broad SMARTS) is 1. The molecule has 1 fully saturated rings. The normalized spacial score (nSPS) is 23.6. The zero-order valence-corrected chi connectivity index (χ0v) is 9.56. The number of carbonyl (C=O) groups is 2. The van der Waals surface area contributed by atoms with Gasteiger partial charge in [-0.05, 0) is 11.8 Å². The zero-order chi connectivity index (χ0) is 11.6. The molecular weight excluding hydrogens is 194 g/mol. The molecule has 0 spiro atoms. The summed E-state index contributed by atoms with van der Waals surface area (Å²) in [5.74, 6) is -0.338. The van der Waals surface area contributed by atoms with Crippen molar-refractivity contribution in [3.8, 4) is 0 Å². The van der Waals surface area contributed by atoms with Gasteiger partial charge in [-0.25, -0.2) is 0 Å². The second-order valence-corrected chi connectivity index (χ2v) is 4.75. The van der Waals surface area contributed by atoms with Gasteiger partial charge in [0.05, 0.1) is 5.92 Å². The standard InChI is InChI=1S/C11H19NO3/c1-7(2)9-4-10(13)12(6-9)5-8(3)11(14)15/h7-9H,4-6H2,1-3H3,(H,14,15). The fraction of sp³-hybridized carbons (Fsp3) is 0.818. The van der Waals surface area contributed by atoms with Crippen molar-refractivity contribution in [1.82, 2.24) is 4.90 Å². The highest BCUT2D eigenvalue weighted by Gasteiger charge is 2.32. The summed E-state index contributed by atoms with van der Waals surface area (Å²) in [6.07, 6.45) is 0.573. The lowest BCUT2D eigenvalue weighted by Crippen LogP contribution is -2.33.